The first-order valence-electron chi connectivity index (χ1n) is 14.3. The molecule has 0 bridgehead atoms. The molecule has 12 heteroatoms. The van der Waals surface area contributed by atoms with Gasteiger partial charge in [-0.05, 0) is 53.6 Å². The summed E-state index contributed by atoms with van der Waals surface area (Å²) in [5, 5.41) is 29.5. The van der Waals surface area contributed by atoms with Crippen molar-refractivity contribution in [2.75, 3.05) is 10.2 Å². The van der Waals surface area contributed by atoms with Crippen molar-refractivity contribution < 1.29 is 9.90 Å². The monoisotopic (exact) mass is 608 g/mol. The van der Waals surface area contributed by atoms with Crippen molar-refractivity contribution in [3.8, 4) is 28.5 Å². The molecule has 12 nitrogen and oxygen atoms in total. The number of hydrogen-bond acceptors (Lipinski definition) is 9. The maximum atomic E-state index is 13.6. The van der Waals surface area contributed by atoms with E-state index in [-0.39, 0.29) is 24.1 Å². The van der Waals surface area contributed by atoms with Crippen molar-refractivity contribution >= 4 is 29.2 Å². The van der Waals surface area contributed by atoms with E-state index in [4.69, 9.17) is 0 Å². The van der Waals surface area contributed by atoms with Gasteiger partial charge in [-0.3, -0.25) is 9.67 Å². The van der Waals surface area contributed by atoms with Crippen molar-refractivity contribution in [3.63, 3.8) is 0 Å². The minimum absolute atomic E-state index is 0.184. The second-order valence-corrected chi connectivity index (χ2v) is 10.3. The Labute approximate surface area is 264 Å². The van der Waals surface area contributed by atoms with E-state index < -0.39 is 0 Å². The number of urea groups is 1. The Balaban J connectivity index is 1.26. The number of pyridine rings is 2. The molecule has 2 amide bonds. The Morgan fingerprint density at radius 1 is 0.913 bits per heavy atom. The van der Waals surface area contributed by atoms with Crippen molar-refractivity contribution in [2.45, 2.75) is 13.2 Å². The number of carbonyl (C=O) groups is 1. The SMILES string of the molecule is Cn1cc(-c2ccc(N(C(=O)NCc3ccccc3)c3ccc(Nc4ncc(C#N)c(-c5cncc(CO)c5)n4)cc3)nc2)cn1. The summed E-state index contributed by atoms with van der Waals surface area (Å²) in [5.74, 6) is 0.707. The number of aryl methyl sites for hydroxylation is 1. The van der Waals surface area contributed by atoms with Crippen molar-refractivity contribution in [2.24, 2.45) is 7.05 Å². The lowest BCUT2D eigenvalue weighted by Gasteiger charge is -2.23. The van der Waals surface area contributed by atoms with Gasteiger partial charge in [-0.15, -0.1) is 0 Å². The maximum Gasteiger partial charge on any atom is 0.327 e. The van der Waals surface area contributed by atoms with E-state index in [1.807, 2.05) is 49.6 Å². The summed E-state index contributed by atoms with van der Waals surface area (Å²) in [7, 11) is 1.85. The molecule has 0 atom stereocenters. The van der Waals surface area contributed by atoms with Crippen LogP contribution in [0.5, 0.6) is 0 Å². The standard InChI is InChI=1S/C34H28N10O2/c1-43-21-28(20-40-43)25-7-12-31(37-18-25)44(34(46)39-16-23-5-3-2-4-6-23)30-10-8-29(9-11-30)41-33-38-19-27(14-35)32(42-33)26-13-24(22-45)15-36-17-26/h2-13,15,17-21,45H,16,22H2,1H3,(H,39,46)(H,38,41,42). The molecule has 0 aliphatic carbocycles. The molecule has 2 aromatic carbocycles. The summed E-state index contributed by atoms with van der Waals surface area (Å²) in [4.78, 5) is 32.7. The van der Waals surface area contributed by atoms with Gasteiger partial charge in [0.15, 0.2) is 0 Å². The van der Waals surface area contributed by atoms with Crippen LogP contribution in [0.1, 0.15) is 16.7 Å². The van der Waals surface area contributed by atoms with Crippen LogP contribution in [-0.4, -0.2) is 40.9 Å². The molecule has 0 saturated heterocycles. The number of hydrogen-bond donors (Lipinski definition) is 3. The molecule has 0 fully saturated rings. The number of benzene rings is 2. The van der Waals surface area contributed by atoms with Gasteiger partial charge in [0, 0.05) is 60.8 Å². The van der Waals surface area contributed by atoms with Crippen LogP contribution in [0.2, 0.25) is 0 Å². The van der Waals surface area contributed by atoms with Crippen LogP contribution >= 0.6 is 0 Å². The zero-order valence-electron chi connectivity index (χ0n) is 24.7. The molecule has 4 aromatic heterocycles. The Bertz CT molecular complexity index is 2000. The van der Waals surface area contributed by atoms with E-state index in [2.05, 4.69) is 41.7 Å². The summed E-state index contributed by atoms with van der Waals surface area (Å²) < 4.78 is 1.72. The number of carbonyl (C=O) groups excluding carboxylic acids is 1. The second kappa shape index (κ2) is 13.5. The minimum atomic E-state index is -0.343. The van der Waals surface area contributed by atoms with Gasteiger partial charge in [0.05, 0.1) is 35.9 Å². The number of nitrogens with zero attached hydrogens (tertiary/aromatic N) is 8. The molecule has 226 valence electrons. The highest BCUT2D eigenvalue weighted by Gasteiger charge is 2.20. The fraction of sp³-hybridized carbons (Fsp3) is 0.0882. The largest absolute Gasteiger partial charge is 0.392 e. The molecule has 6 aromatic rings. The van der Waals surface area contributed by atoms with E-state index in [1.54, 1.807) is 65.9 Å². The fourth-order valence-electron chi connectivity index (χ4n) is 4.74. The summed E-state index contributed by atoms with van der Waals surface area (Å²) in [6, 6.07) is 24.0. The molecule has 3 N–H and O–H groups in total. The van der Waals surface area contributed by atoms with Crippen molar-refractivity contribution in [3.05, 3.63) is 127 Å². The van der Waals surface area contributed by atoms with E-state index in [1.165, 1.54) is 11.1 Å². The van der Waals surface area contributed by atoms with Crippen LogP contribution < -0.4 is 15.5 Å². The first kappa shape index (κ1) is 29.6. The second-order valence-electron chi connectivity index (χ2n) is 10.3. The molecular formula is C34H28N10O2. The Morgan fingerprint density at radius 3 is 2.43 bits per heavy atom. The highest BCUT2D eigenvalue weighted by atomic mass is 16.3. The summed E-state index contributed by atoms with van der Waals surface area (Å²) in [6.45, 7) is 0.162. The third-order valence-corrected chi connectivity index (χ3v) is 7.05. The third-order valence-electron chi connectivity index (χ3n) is 7.05. The quantitative estimate of drug-likeness (QED) is 0.193. The molecule has 4 heterocycles. The first-order chi connectivity index (χ1) is 22.5. The molecule has 0 unspecified atom stereocenters. The highest BCUT2D eigenvalue weighted by molar-refractivity contribution is 5.98. The minimum Gasteiger partial charge on any atom is -0.392 e. The molecule has 0 aliphatic heterocycles. The van der Waals surface area contributed by atoms with Gasteiger partial charge in [0.1, 0.15) is 11.9 Å². The Hall–Kier alpha value is -6.45. The van der Waals surface area contributed by atoms with Gasteiger partial charge in [-0.2, -0.15) is 10.4 Å². The van der Waals surface area contributed by atoms with E-state index >= 15 is 0 Å². The number of amides is 2. The van der Waals surface area contributed by atoms with Crippen LogP contribution in [0.25, 0.3) is 22.4 Å². The van der Waals surface area contributed by atoms with Crippen LogP contribution in [0.4, 0.5) is 27.9 Å². The van der Waals surface area contributed by atoms with Crippen LogP contribution in [0, 0.1) is 11.3 Å². The molecule has 0 saturated carbocycles. The lowest BCUT2D eigenvalue weighted by molar-refractivity contribution is 0.248. The average molecular weight is 609 g/mol. The maximum absolute atomic E-state index is 13.6. The summed E-state index contributed by atoms with van der Waals surface area (Å²) in [5.41, 5.74) is 5.86. The first-order valence-corrected chi connectivity index (χ1v) is 14.3. The molecule has 0 aliphatic rings. The number of aliphatic hydroxyl groups excluding tert-OH is 1. The molecule has 0 radical (unpaired) electrons. The number of rotatable bonds is 9. The highest BCUT2D eigenvalue weighted by Crippen LogP contribution is 2.29. The summed E-state index contributed by atoms with van der Waals surface area (Å²) in [6.07, 6.45) is 9.94. The van der Waals surface area contributed by atoms with Gasteiger partial charge < -0.3 is 15.7 Å². The van der Waals surface area contributed by atoms with Crippen molar-refractivity contribution in [1.82, 2.24) is 35.0 Å². The van der Waals surface area contributed by atoms with E-state index in [9.17, 15) is 15.2 Å². The number of nitriles is 1. The van der Waals surface area contributed by atoms with Gasteiger partial charge in [-0.1, -0.05) is 30.3 Å². The zero-order chi connectivity index (χ0) is 31.9. The normalized spacial score (nSPS) is 10.6. The molecular weight excluding hydrogens is 580 g/mol. The lowest BCUT2D eigenvalue weighted by Crippen LogP contribution is -2.37. The molecule has 6 rings (SSSR count). The lowest BCUT2D eigenvalue weighted by atomic mass is 10.1. The van der Waals surface area contributed by atoms with Crippen molar-refractivity contribution in [1.29, 1.82) is 5.26 Å². The van der Waals surface area contributed by atoms with E-state index in [0.717, 1.165) is 16.7 Å². The third kappa shape index (κ3) is 6.70. The molecule has 0 spiro atoms. The number of nitrogens with one attached hydrogen (secondary N) is 2. The number of aromatic nitrogens is 6. The topological polar surface area (TPSA) is 158 Å². The average Bonchev–Trinajstić information content (AvgIpc) is 3.55. The Kier molecular flexibility index (Phi) is 8.66. The van der Waals surface area contributed by atoms with Crippen LogP contribution in [0.3, 0.4) is 0 Å². The van der Waals surface area contributed by atoms with E-state index in [0.29, 0.717) is 40.6 Å². The van der Waals surface area contributed by atoms with Gasteiger partial charge in [0.2, 0.25) is 5.95 Å². The van der Waals surface area contributed by atoms with Gasteiger partial charge in [-0.25, -0.2) is 24.6 Å². The van der Waals surface area contributed by atoms with Crippen LogP contribution in [0.15, 0.2) is 110 Å². The number of anilines is 4. The Morgan fingerprint density at radius 2 is 1.74 bits per heavy atom. The zero-order valence-corrected chi connectivity index (χ0v) is 24.7. The molecule has 46 heavy (non-hydrogen) atoms. The van der Waals surface area contributed by atoms with Gasteiger partial charge >= 0.3 is 6.03 Å². The number of aliphatic hydroxyl groups is 1. The smallest absolute Gasteiger partial charge is 0.327 e. The predicted molar refractivity (Wildman–Crippen MR) is 173 cm³/mol. The fourth-order valence-corrected chi connectivity index (χ4v) is 4.74. The van der Waals surface area contributed by atoms with Crippen LogP contribution in [-0.2, 0) is 20.2 Å². The predicted octanol–water partition coefficient (Wildman–Crippen LogP) is 5.49. The van der Waals surface area contributed by atoms with Gasteiger partial charge in [0.25, 0.3) is 0 Å². The summed E-state index contributed by atoms with van der Waals surface area (Å²) >= 11 is 0.